The third-order valence-corrected chi connectivity index (χ3v) is 4.61. The van der Waals surface area contributed by atoms with Crippen molar-refractivity contribution < 1.29 is 10.0 Å². The fourth-order valence-corrected chi connectivity index (χ4v) is 3.03. The van der Waals surface area contributed by atoms with E-state index in [1.807, 2.05) is 0 Å². The van der Waals surface area contributed by atoms with Gasteiger partial charge in [0.05, 0.1) is 10.5 Å². The lowest BCUT2D eigenvalue weighted by atomic mass is 9.78. The molecule has 0 heterocycles. The molecule has 0 saturated heterocycles. The maximum absolute atomic E-state index is 11.0. The van der Waals surface area contributed by atoms with Crippen molar-refractivity contribution in [1.29, 1.82) is 0 Å². The molecule has 2 N–H and O–H groups in total. The average molecular weight is 313 g/mol. The van der Waals surface area contributed by atoms with Crippen molar-refractivity contribution in [3.8, 4) is 0 Å². The summed E-state index contributed by atoms with van der Waals surface area (Å²) in [6.07, 6.45) is 4.64. The van der Waals surface area contributed by atoms with Gasteiger partial charge in [-0.2, -0.15) is 0 Å². The van der Waals surface area contributed by atoms with E-state index in [2.05, 4.69) is 12.2 Å². The summed E-state index contributed by atoms with van der Waals surface area (Å²) in [6.45, 7) is 2.50. The summed E-state index contributed by atoms with van der Waals surface area (Å²) >= 11 is 5.79. The van der Waals surface area contributed by atoms with Crippen molar-refractivity contribution in [3.05, 3.63) is 33.3 Å². The minimum atomic E-state index is -0.779. The number of anilines is 1. The third-order valence-electron chi connectivity index (χ3n) is 4.38. The molecule has 116 valence electrons. The van der Waals surface area contributed by atoms with E-state index in [-0.39, 0.29) is 5.69 Å². The van der Waals surface area contributed by atoms with Gasteiger partial charge in [-0.1, -0.05) is 24.9 Å². The monoisotopic (exact) mass is 312 g/mol. The largest absolute Gasteiger partial charge is 0.388 e. The lowest BCUT2D eigenvalue weighted by Crippen LogP contribution is -2.40. The molecule has 0 spiro atoms. The number of nitro benzene ring substituents is 1. The topological polar surface area (TPSA) is 75.4 Å². The van der Waals surface area contributed by atoms with Gasteiger partial charge in [-0.3, -0.25) is 10.1 Å². The molecule has 1 aromatic carbocycles. The summed E-state index contributed by atoms with van der Waals surface area (Å²) in [4.78, 5) is 10.6. The average Bonchev–Trinajstić information content (AvgIpc) is 2.47. The van der Waals surface area contributed by atoms with Crippen molar-refractivity contribution in [2.75, 3.05) is 11.9 Å². The van der Waals surface area contributed by atoms with Crippen LogP contribution in [0, 0.1) is 16.0 Å². The molecular formula is C15H21ClN2O3. The first-order chi connectivity index (χ1) is 9.93. The Kier molecular flexibility index (Phi) is 5.06. The van der Waals surface area contributed by atoms with Gasteiger partial charge in [-0.25, -0.2) is 0 Å². The molecule has 0 aromatic heterocycles. The minimum absolute atomic E-state index is 0.0617. The molecule has 1 aromatic rings. The quantitative estimate of drug-likeness (QED) is 0.636. The van der Waals surface area contributed by atoms with Crippen molar-refractivity contribution in [2.45, 2.75) is 44.6 Å². The number of hydrogen-bond donors (Lipinski definition) is 2. The standard InChI is InChI=1S/C15H21ClN2O3/c1-2-11-5-7-15(19,8-6-11)10-17-13-4-3-12(16)9-14(13)18(20)21/h3-4,9,11,17,19H,2,5-8,10H2,1H3. The molecule has 0 amide bonds. The summed E-state index contributed by atoms with van der Waals surface area (Å²) in [6, 6.07) is 4.51. The van der Waals surface area contributed by atoms with Crippen LogP contribution in [0.3, 0.4) is 0 Å². The van der Waals surface area contributed by atoms with Crippen LogP contribution >= 0.6 is 11.6 Å². The molecule has 6 heteroatoms. The SMILES string of the molecule is CCC1CCC(O)(CNc2ccc(Cl)cc2[N+](=O)[O-])CC1. The fraction of sp³-hybridized carbons (Fsp3) is 0.600. The lowest BCUT2D eigenvalue weighted by Gasteiger charge is -2.36. The fourth-order valence-electron chi connectivity index (χ4n) is 2.87. The number of nitrogens with zero attached hydrogens (tertiary/aromatic N) is 1. The normalized spacial score (nSPS) is 25.6. The zero-order chi connectivity index (χ0) is 15.5. The summed E-state index contributed by atoms with van der Waals surface area (Å²) in [5.74, 6) is 0.690. The molecular weight excluding hydrogens is 292 g/mol. The zero-order valence-corrected chi connectivity index (χ0v) is 12.9. The Morgan fingerprint density at radius 1 is 1.48 bits per heavy atom. The highest BCUT2D eigenvalue weighted by molar-refractivity contribution is 6.30. The molecule has 0 bridgehead atoms. The Hall–Kier alpha value is -1.33. The van der Waals surface area contributed by atoms with Gasteiger partial charge in [0, 0.05) is 17.6 Å². The number of benzene rings is 1. The van der Waals surface area contributed by atoms with Gasteiger partial charge in [0.25, 0.3) is 5.69 Å². The maximum Gasteiger partial charge on any atom is 0.293 e. The highest BCUT2D eigenvalue weighted by atomic mass is 35.5. The maximum atomic E-state index is 11.0. The highest BCUT2D eigenvalue weighted by Crippen LogP contribution is 2.35. The second-order valence-corrected chi connectivity index (χ2v) is 6.28. The van der Waals surface area contributed by atoms with Gasteiger partial charge in [0.2, 0.25) is 0 Å². The molecule has 1 saturated carbocycles. The first-order valence-electron chi connectivity index (χ1n) is 7.34. The number of aliphatic hydroxyl groups is 1. The van der Waals surface area contributed by atoms with Crippen LogP contribution in [0.4, 0.5) is 11.4 Å². The summed E-state index contributed by atoms with van der Waals surface area (Å²) < 4.78 is 0. The van der Waals surface area contributed by atoms with Crippen LogP contribution < -0.4 is 5.32 Å². The Balaban J connectivity index is 2.01. The number of halogens is 1. The van der Waals surface area contributed by atoms with Crippen LogP contribution in [0.25, 0.3) is 0 Å². The van der Waals surface area contributed by atoms with Crippen molar-refractivity contribution in [3.63, 3.8) is 0 Å². The predicted molar refractivity (Wildman–Crippen MR) is 83.8 cm³/mol. The highest BCUT2D eigenvalue weighted by Gasteiger charge is 2.32. The Morgan fingerprint density at radius 3 is 2.71 bits per heavy atom. The van der Waals surface area contributed by atoms with Gasteiger partial charge in [0.15, 0.2) is 0 Å². The second kappa shape index (κ2) is 6.62. The lowest BCUT2D eigenvalue weighted by molar-refractivity contribution is -0.384. The van der Waals surface area contributed by atoms with E-state index in [0.29, 0.717) is 23.2 Å². The van der Waals surface area contributed by atoms with Crippen molar-refractivity contribution in [2.24, 2.45) is 5.92 Å². The van der Waals surface area contributed by atoms with E-state index < -0.39 is 10.5 Å². The summed E-state index contributed by atoms with van der Waals surface area (Å²) in [5, 5.41) is 24.9. The van der Waals surface area contributed by atoms with E-state index in [1.54, 1.807) is 12.1 Å². The molecule has 0 radical (unpaired) electrons. The van der Waals surface area contributed by atoms with Gasteiger partial charge < -0.3 is 10.4 Å². The number of hydrogen-bond acceptors (Lipinski definition) is 4. The van der Waals surface area contributed by atoms with E-state index in [0.717, 1.165) is 32.1 Å². The molecule has 1 aliphatic carbocycles. The van der Waals surface area contributed by atoms with Crippen LogP contribution in [-0.2, 0) is 0 Å². The van der Waals surface area contributed by atoms with Crippen LogP contribution in [0.5, 0.6) is 0 Å². The van der Waals surface area contributed by atoms with Gasteiger partial charge in [0.1, 0.15) is 5.69 Å². The molecule has 0 atom stereocenters. The zero-order valence-electron chi connectivity index (χ0n) is 12.1. The molecule has 1 fully saturated rings. The van der Waals surface area contributed by atoms with Gasteiger partial charge in [-0.15, -0.1) is 0 Å². The summed E-state index contributed by atoms with van der Waals surface area (Å²) in [5.41, 5.74) is -0.442. The second-order valence-electron chi connectivity index (χ2n) is 5.85. The molecule has 21 heavy (non-hydrogen) atoms. The van der Waals surface area contributed by atoms with Crippen molar-refractivity contribution >= 4 is 23.0 Å². The molecule has 0 aliphatic heterocycles. The van der Waals surface area contributed by atoms with Gasteiger partial charge >= 0.3 is 0 Å². The first kappa shape index (κ1) is 16.0. The molecule has 2 rings (SSSR count). The first-order valence-corrected chi connectivity index (χ1v) is 7.71. The Bertz CT molecular complexity index is 514. The van der Waals surface area contributed by atoms with Crippen LogP contribution in [-0.4, -0.2) is 22.2 Å². The third kappa shape index (κ3) is 4.08. The number of nitro groups is 1. The molecule has 5 nitrogen and oxygen atoms in total. The van der Waals surface area contributed by atoms with E-state index in [1.165, 1.54) is 6.07 Å². The minimum Gasteiger partial charge on any atom is -0.388 e. The molecule has 1 aliphatic rings. The summed E-state index contributed by atoms with van der Waals surface area (Å²) in [7, 11) is 0. The van der Waals surface area contributed by atoms with Crippen LogP contribution in [0.1, 0.15) is 39.0 Å². The van der Waals surface area contributed by atoms with Crippen LogP contribution in [0.15, 0.2) is 18.2 Å². The smallest absolute Gasteiger partial charge is 0.293 e. The van der Waals surface area contributed by atoms with Crippen molar-refractivity contribution in [1.82, 2.24) is 0 Å². The van der Waals surface area contributed by atoms with E-state index in [9.17, 15) is 15.2 Å². The number of rotatable bonds is 5. The van der Waals surface area contributed by atoms with E-state index >= 15 is 0 Å². The predicted octanol–water partition coefficient (Wildman–Crippen LogP) is 3.99. The Labute approximate surface area is 129 Å². The molecule has 0 unspecified atom stereocenters. The number of nitrogens with one attached hydrogen (secondary N) is 1. The van der Waals surface area contributed by atoms with Gasteiger partial charge in [-0.05, 0) is 43.7 Å². The van der Waals surface area contributed by atoms with E-state index in [4.69, 9.17) is 11.6 Å². The van der Waals surface area contributed by atoms with Crippen LogP contribution in [0.2, 0.25) is 5.02 Å². The Morgan fingerprint density at radius 2 is 2.14 bits per heavy atom.